The lowest BCUT2D eigenvalue weighted by Gasteiger charge is -2.17. The minimum atomic E-state index is -4.39. The largest absolute Gasteiger partial charge is 0.416 e. The van der Waals surface area contributed by atoms with Crippen LogP contribution in [-0.4, -0.2) is 9.78 Å². The molecule has 1 heterocycles. The predicted molar refractivity (Wildman–Crippen MR) is 74.4 cm³/mol. The highest BCUT2D eigenvalue weighted by molar-refractivity contribution is 5.34. The second-order valence-corrected chi connectivity index (χ2v) is 5.09. The van der Waals surface area contributed by atoms with Gasteiger partial charge < -0.3 is 0 Å². The van der Waals surface area contributed by atoms with Gasteiger partial charge >= 0.3 is 6.18 Å². The highest BCUT2D eigenvalue weighted by Crippen LogP contribution is 2.33. The second kappa shape index (κ2) is 5.42. The summed E-state index contributed by atoms with van der Waals surface area (Å²) in [6.07, 6.45) is -3.73. The summed E-state index contributed by atoms with van der Waals surface area (Å²) in [7, 11) is 0. The zero-order valence-electron chi connectivity index (χ0n) is 12.1. The average Bonchev–Trinajstić information content (AvgIpc) is 2.78. The fourth-order valence-corrected chi connectivity index (χ4v) is 2.28. The number of H-pyrrole nitrogens is 1. The number of nitrogens with one attached hydrogen (secondary N) is 1. The molecule has 0 amide bonds. The molecule has 0 saturated heterocycles. The van der Waals surface area contributed by atoms with E-state index in [2.05, 4.69) is 5.10 Å². The van der Waals surface area contributed by atoms with E-state index in [1.165, 1.54) is 23.7 Å². The van der Waals surface area contributed by atoms with Gasteiger partial charge in [-0.1, -0.05) is 19.1 Å². The molecule has 0 bridgehead atoms. The number of aromatic amines is 1. The van der Waals surface area contributed by atoms with E-state index < -0.39 is 17.8 Å². The monoisotopic (exact) mass is 298 g/mol. The molecular formula is C15H17F3N2O. The molecule has 1 atom stereocenters. The van der Waals surface area contributed by atoms with E-state index in [9.17, 15) is 18.0 Å². The molecule has 0 fully saturated rings. The number of alkyl halides is 3. The molecule has 2 aromatic rings. The van der Waals surface area contributed by atoms with Crippen LogP contribution in [0.1, 0.15) is 42.3 Å². The van der Waals surface area contributed by atoms with Crippen molar-refractivity contribution in [1.82, 2.24) is 9.78 Å². The van der Waals surface area contributed by atoms with Gasteiger partial charge in [-0.05, 0) is 37.5 Å². The van der Waals surface area contributed by atoms with Crippen molar-refractivity contribution in [2.75, 3.05) is 0 Å². The van der Waals surface area contributed by atoms with E-state index in [0.717, 1.165) is 11.8 Å². The van der Waals surface area contributed by atoms with Gasteiger partial charge in [-0.15, -0.1) is 0 Å². The highest BCUT2D eigenvalue weighted by atomic mass is 19.4. The van der Waals surface area contributed by atoms with Gasteiger partial charge in [0.25, 0.3) is 5.56 Å². The third kappa shape index (κ3) is 3.04. The molecule has 21 heavy (non-hydrogen) atoms. The van der Waals surface area contributed by atoms with E-state index in [-0.39, 0.29) is 11.1 Å². The zero-order valence-corrected chi connectivity index (χ0v) is 12.1. The lowest BCUT2D eigenvalue weighted by molar-refractivity contribution is -0.138. The Hall–Kier alpha value is -1.98. The van der Waals surface area contributed by atoms with Gasteiger partial charge in [0.05, 0.1) is 11.6 Å². The van der Waals surface area contributed by atoms with Crippen molar-refractivity contribution >= 4 is 0 Å². The normalized spacial score (nSPS) is 13.4. The first-order chi connectivity index (χ1) is 9.74. The van der Waals surface area contributed by atoms with E-state index in [1.54, 1.807) is 13.0 Å². The van der Waals surface area contributed by atoms with Gasteiger partial charge in [0, 0.05) is 11.8 Å². The Morgan fingerprint density at radius 1 is 1.29 bits per heavy atom. The van der Waals surface area contributed by atoms with Crippen LogP contribution in [0.25, 0.3) is 0 Å². The first kappa shape index (κ1) is 15.4. The fourth-order valence-electron chi connectivity index (χ4n) is 2.28. The molecule has 3 nitrogen and oxygen atoms in total. The number of nitrogens with zero attached hydrogens (tertiary/aromatic N) is 1. The molecule has 1 aromatic carbocycles. The summed E-state index contributed by atoms with van der Waals surface area (Å²) < 4.78 is 40.2. The summed E-state index contributed by atoms with van der Waals surface area (Å²) in [6, 6.07) is 5.14. The SMILES string of the molecule is CCc1cc(=O)n(C(C)c2ccc(C)c(C(F)(F)F)c2)[nH]1. The summed E-state index contributed by atoms with van der Waals surface area (Å²) in [5.74, 6) is 0. The Kier molecular flexibility index (Phi) is 3.98. The van der Waals surface area contributed by atoms with E-state index >= 15 is 0 Å². The zero-order chi connectivity index (χ0) is 15.8. The maximum Gasteiger partial charge on any atom is 0.416 e. The molecule has 2 rings (SSSR count). The summed E-state index contributed by atoms with van der Waals surface area (Å²) in [5.41, 5.74) is 0.469. The summed E-state index contributed by atoms with van der Waals surface area (Å²) in [6.45, 7) is 5.02. The molecule has 0 radical (unpaired) electrons. The predicted octanol–water partition coefficient (Wildman–Crippen LogP) is 3.68. The lowest BCUT2D eigenvalue weighted by Crippen LogP contribution is -2.21. The van der Waals surface area contributed by atoms with Crippen LogP contribution in [0.3, 0.4) is 0 Å². The van der Waals surface area contributed by atoms with Crippen LogP contribution in [0.4, 0.5) is 13.2 Å². The van der Waals surface area contributed by atoms with Gasteiger partial charge in [0.2, 0.25) is 0 Å². The molecule has 6 heteroatoms. The number of hydrogen-bond donors (Lipinski definition) is 1. The van der Waals surface area contributed by atoms with Crippen molar-refractivity contribution in [3.05, 3.63) is 57.0 Å². The quantitative estimate of drug-likeness (QED) is 0.922. The first-order valence-electron chi connectivity index (χ1n) is 6.72. The van der Waals surface area contributed by atoms with Crippen LogP contribution in [0.15, 0.2) is 29.1 Å². The molecule has 1 unspecified atom stereocenters. The van der Waals surface area contributed by atoms with Crippen LogP contribution < -0.4 is 5.56 Å². The summed E-state index contributed by atoms with van der Waals surface area (Å²) in [4.78, 5) is 11.9. The van der Waals surface area contributed by atoms with Crippen molar-refractivity contribution in [3.63, 3.8) is 0 Å². The molecule has 1 N–H and O–H groups in total. The van der Waals surface area contributed by atoms with E-state index in [4.69, 9.17) is 0 Å². The van der Waals surface area contributed by atoms with Crippen LogP contribution in [0.2, 0.25) is 0 Å². The Morgan fingerprint density at radius 3 is 2.48 bits per heavy atom. The number of rotatable bonds is 3. The standard InChI is InChI=1S/C15H17F3N2O/c1-4-12-8-14(21)20(19-12)10(3)11-6-5-9(2)13(7-11)15(16,17)18/h5-8,10,19H,4H2,1-3H3. The molecule has 0 aliphatic rings. The van der Waals surface area contributed by atoms with Crippen molar-refractivity contribution in [2.45, 2.75) is 39.4 Å². The average molecular weight is 298 g/mol. The Balaban J connectivity index is 2.46. The van der Waals surface area contributed by atoms with Crippen molar-refractivity contribution < 1.29 is 13.2 Å². The molecule has 0 aliphatic carbocycles. The molecular weight excluding hydrogens is 281 g/mol. The molecule has 0 spiro atoms. The van der Waals surface area contributed by atoms with Crippen molar-refractivity contribution in [1.29, 1.82) is 0 Å². The number of aryl methyl sites for hydroxylation is 2. The number of aromatic nitrogens is 2. The maximum atomic E-state index is 13.0. The Morgan fingerprint density at radius 2 is 1.95 bits per heavy atom. The summed E-state index contributed by atoms with van der Waals surface area (Å²) in [5, 5.41) is 2.93. The van der Waals surface area contributed by atoms with E-state index in [1.807, 2.05) is 6.92 Å². The van der Waals surface area contributed by atoms with Crippen LogP contribution in [-0.2, 0) is 12.6 Å². The molecule has 0 saturated carbocycles. The topological polar surface area (TPSA) is 37.8 Å². The van der Waals surface area contributed by atoms with Crippen molar-refractivity contribution in [2.24, 2.45) is 0 Å². The minimum Gasteiger partial charge on any atom is -0.299 e. The molecule has 114 valence electrons. The Bertz CT molecular complexity index is 698. The van der Waals surface area contributed by atoms with Crippen LogP contribution in [0.5, 0.6) is 0 Å². The smallest absolute Gasteiger partial charge is 0.299 e. The lowest BCUT2D eigenvalue weighted by atomic mass is 10.0. The first-order valence-corrected chi connectivity index (χ1v) is 6.72. The van der Waals surface area contributed by atoms with Gasteiger partial charge in [-0.2, -0.15) is 13.2 Å². The fraction of sp³-hybridized carbons (Fsp3) is 0.400. The van der Waals surface area contributed by atoms with Crippen LogP contribution >= 0.6 is 0 Å². The highest BCUT2D eigenvalue weighted by Gasteiger charge is 2.33. The van der Waals surface area contributed by atoms with Gasteiger partial charge in [-0.3, -0.25) is 9.89 Å². The Labute approximate surface area is 120 Å². The van der Waals surface area contributed by atoms with Gasteiger partial charge in [0.15, 0.2) is 0 Å². The van der Waals surface area contributed by atoms with Crippen molar-refractivity contribution in [3.8, 4) is 0 Å². The third-order valence-electron chi connectivity index (χ3n) is 3.62. The summed E-state index contributed by atoms with van der Waals surface area (Å²) >= 11 is 0. The van der Waals surface area contributed by atoms with Gasteiger partial charge in [0.1, 0.15) is 0 Å². The van der Waals surface area contributed by atoms with E-state index in [0.29, 0.717) is 12.0 Å². The number of hydrogen-bond acceptors (Lipinski definition) is 1. The molecule has 0 aliphatic heterocycles. The van der Waals surface area contributed by atoms with Crippen LogP contribution in [0, 0.1) is 6.92 Å². The number of benzene rings is 1. The minimum absolute atomic E-state index is 0.173. The molecule has 1 aromatic heterocycles. The maximum absolute atomic E-state index is 13.0. The third-order valence-corrected chi connectivity index (χ3v) is 3.62. The number of halogens is 3. The van der Waals surface area contributed by atoms with Gasteiger partial charge in [-0.25, -0.2) is 4.68 Å². The second-order valence-electron chi connectivity index (χ2n) is 5.09.